The number of esters is 2. The van der Waals surface area contributed by atoms with Gasteiger partial charge in [0.15, 0.2) is 6.04 Å². The predicted molar refractivity (Wildman–Crippen MR) is 80.8 cm³/mol. The molecule has 2 unspecified atom stereocenters. The average molecular weight is 320 g/mol. The van der Waals surface area contributed by atoms with Gasteiger partial charge in [0.05, 0.1) is 19.8 Å². The zero-order valence-corrected chi connectivity index (χ0v) is 13.8. The van der Waals surface area contributed by atoms with E-state index in [1.54, 1.807) is 13.8 Å². The third kappa shape index (κ3) is 10.1. The lowest BCUT2D eigenvalue weighted by molar-refractivity contribution is -0.149. The molecular formula is C14H28N2O6. The molecule has 8 heteroatoms. The van der Waals surface area contributed by atoms with Crippen LogP contribution in [0.4, 0.5) is 0 Å². The fraction of sp³-hybridized carbons (Fsp3) is 0.786. The Bertz CT molecular complexity index is 335. The molecule has 2 atom stereocenters. The Morgan fingerprint density at radius 1 is 1.09 bits per heavy atom. The second-order valence-electron chi connectivity index (χ2n) is 3.95. The monoisotopic (exact) mass is 320 g/mol. The number of carbonyl (C=O) groups excluding carboxylic acids is 3. The maximum Gasteiger partial charge on any atom is 0.331 e. The number of amides is 1. The smallest absolute Gasteiger partial charge is 0.331 e. The van der Waals surface area contributed by atoms with Crippen LogP contribution >= 0.6 is 0 Å². The van der Waals surface area contributed by atoms with E-state index >= 15 is 0 Å². The molecule has 0 aliphatic carbocycles. The summed E-state index contributed by atoms with van der Waals surface area (Å²) in [7, 11) is 0. The molecule has 0 fully saturated rings. The van der Waals surface area contributed by atoms with Gasteiger partial charge in [-0.1, -0.05) is 13.8 Å². The van der Waals surface area contributed by atoms with Crippen molar-refractivity contribution in [2.75, 3.05) is 19.8 Å². The van der Waals surface area contributed by atoms with Crippen LogP contribution < -0.4 is 11.1 Å². The van der Waals surface area contributed by atoms with Gasteiger partial charge < -0.3 is 25.6 Å². The lowest BCUT2D eigenvalue weighted by Gasteiger charge is -2.15. The van der Waals surface area contributed by atoms with Crippen molar-refractivity contribution in [3.63, 3.8) is 0 Å². The third-order valence-corrected chi connectivity index (χ3v) is 2.36. The Hall–Kier alpha value is -1.67. The second kappa shape index (κ2) is 14.3. The van der Waals surface area contributed by atoms with E-state index in [0.29, 0.717) is 0 Å². The van der Waals surface area contributed by atoms with Crippen molar-refractivity contribution in [3.05, 3.63) is 0 Å². The van der Waals surface area contributed by atoms with E-state index in [1.807, 2.05) is 13.8 Å². The van der Waals surface area contributed by atoms with Crippen molar-refractivity contribution in [1.82, 2.24) is 5.32 Å². The molecular weight excluding hydrogens is 292 g/mol. The van der Waals surface area contributed by atoms with Crippen molar-refractivity contribution < 1.29 is 29.0 Å². The van der Waals surface area contributed by atoms with Gasteiger partial charge in [0.2, 0.25) is 5.91 Å². The first-order valence-corrected chi connectivity index (χ1v) is 7.45. The van der Waals surface area contributed by atoms with Gasteiger partial charge in [-0.05, 0) is 20.3 Å². The number of carbonyl (C=O) groups is 3. The molecule has 0 aliphatic heterocycles. The summed E-state index contributed by atoms with van der Waals surface area (Å²) in [5.74, 6) is -1.79. The average Bonchev–Trinajstić information content (AvgIpc) is 2.52. The summed E-state index contributed by atoms with van der Waals surface area (Å²) in [6, 6.07) is -2.00. The molecule has 0 radical (unpaired) electrons. The molecule has 0 spiro atoms. The Morgan fingerprint density at radius 3 is 2.05 bits per heavy atom. The van der Waals surface area contributed by atoms with Gasteiger partial charge >= 0.3 is 11.9 Å². The van der Waals surface area contributed by atoms with E-state index in [2.05, 4.69) is 10.1 Å². The summed E-state index contributed by atoms with van der Waals surface area (Å²) in [5, 5.41) is 11.3. The Kier molecular flexibility index (Phi) is 14.7. The molecule has 0 aromatic heterocycles. The first-order valence-electron chi connectivity index (χ1n) is 7.45. The van der Waals surface area contributed by atoms with Crippen LogP contribution in [0.1, 0.15) is 40.5 Å². The zero-order chi connectivity index (χ0) is 17.5. The van der Waals surface area contributed by atoms with Gasteiger partial charge in [0.1, 0.15) is 6.04 Å². The van der Waals surface area contributed by atoms with Gasteiger partial charge in [0, 0.05) is 6.42 Å². The van der Waals surface area contributed by atoms with Crippen LogP contribution in [-0.4, -0.2) is 54.9 Å². The highest BCUT2D eigenvalue weighted by molar-refractivity contribution is 5.85. The highest BCUT2D eigenvalue weighted by Crippen LogP contribution is 1.99. The number of aliphatic hydroxyl groups is 1. The number of hydrogen-bond donors (Lipinski definition) is 3. The first kappa shape index (κ1) is 22.6. The third-order valence-electron chi connectivity index (χ3n) is 2.36. The Morgan fingerprint density at radius 2 is 1.59 bits per heavy atom. The maximum absolute atomic E-state index is 11.6. The van der Waals surface area contributed by atoms with Crippen LogP contribution in [0.3, 0.4) is 0 Å². The van der Waals surface area contributed by atoms with E-state index in [4.69, 9.17) is 15.6 Å². The minimum atomic E-state index is -1.11. The lowest BCUT2D eigenvalue weighted by Crippen LogP contribution is -2.45. The van der Waals surface area contributed by atoms with Crippen LogP contribution in [0.25, 0.3) is 0 Å². The van der Waals surface area contributed by atoms with Crippen molar-refractivity contribution >= 4 is 17.8 Å². The fourth-order valence-corrected chi connectivity index (χ4v) is 1.34. The van der Waals surface area contributed by atoms with Crippen LogP contribution in [-0.2, 0) is 23.9 Å². The number of hydrogen-bond acceptors (Lipinski definition) is 7. The lowest BCUT2D eigenvalue weighted by atomic mass is 10.1. The maximum atomic E-state index is 11.6. The van der Waals surface area contributed by atoms with Crippen LogP contribution in [0.15, 0.2) is 0 Å². The molecule has 0 aromatic carbocycles. The van der Waals surface area contributed by atoms with Crippen LogP contribution in [0.2, 0.25) is 0 Å². The van der Waals surface area contributed by atoms with Crippen LogP contribution in [0, 0.1) is 0 Å². The molecule has 0 saturated heterocycles. The summed E-state index contributed by atoms with van der Waals surface area (Å²) < 4.78 is 9.38. The summed E-state index contributed by atoms with van der Waals surface area (Å²) in [6.07, 6.45) is 0.0293. The van der Waals surface area contributed by atoms with Gasteiger partial charge in [-0.15, -0.1) is 0 Å². The molecule has 22 heavy (non-hydrogen) atoms. The highest BCUT2D eigenvalue weighted by atomic mass is 16.5. The number of nitrogens with two attached hydrogens (primary N) is 1. The van der Waals surface area contributed by atoms with Gasteiger partial charge in [0.25, 0.3) is 0 Å². The van der Waals surface area contributed by atoms with Gasteiger partial charge in [-0.2, -0.15) is 0 Å². The quantitative estimate of drug-likeness (QED) is 0.499. The summed E-state index contributed by atoms with van der Waals surface area (Å²) in [5.41, 5.74) is 5.53. The van der Waals surface area contributed by atoms with Gasteiger partial charge in [-0.25, -0.2) is 4.79 Å². The second-order valence-corrected chi connectivity index (χ2v) is 3.95. The van der Waals surface area contributed by atoms with Crippen molar-refractivity contribution in [3.8, 4) is 0 Å². The molecule has 0 bridgehead atoms. The standard InChI is InChI=1S/C12H22N2O6.C2H6/c1-3-19-11(17)8(13)5-6-10(16)14-9(7-15)12(18)20-4-2;1-2/h8-9,15H,3-7,13H2,1-2H3,(H,14,16);1-2H3. The SMILES string of the molecule is CC.CCOC(=O)C(N)CCC(=O)NC(CO)C(=O)OCC. The first-order chi connectivity index (χ1) is 10.5. The molecule has 1 amide bonds. The number of aliphatic hydroxyl groups excluding tert-OH is 1. The molecule has 0 heterocycles. The zero-order valence-electron chi connectivity index (χ0n) is 13.8. The highest BCUT2D eigenvalue weighted by Gasteiger charge is 2.22. The fourth-order valence-electron chi connectivity index (χ4n) is 1.34. The van der Waals surface area contributed by atoms with E-state index in [9.17, 15) is 14.4 Å². The molecule has 0 aromatic rings. The van der Waals surface area contributed by atoms with E-state index in [0.717, 1.165) is 0 Å². The van der Waals surface area contributed by atoms with E-state index < -0.39 is 36.5 Å². The number of rotatable bonds is 9. The van der Waals surface area contributed by atoms with E-state index in [-0.39, 0.29) is 26.1 Å². The normalized spacial score (nSPS) is 12.3. The largest absolute Gasteiger partial charge is 0.465 e. The molecule has 4 N–H and O–H groups in total. The summed E-state index contributed by atoms with van der Waals surface area (Å²) in [4.78, 5) is 34.1. The number of ether oxygens (including phenoxy) is 2. The van der Waals surface area contributed by atoms with Crippen molar-refractivity contribution in [1.29, 1.82) is 0 Å². The Balaban J connectivity index is 0. The van der Waals surface area contributed by atoms with E-state index in [1.165, 1.54) is 0 Å². The minimum absolute atomic E-state index is 0.0596. The molecule has 0 saturated carbocycles. The van der Waals surface area contributed by atoms with Crippen LogP contribution in [0.5, 0.6) is 0 Å². The Labute approximate surface area is 131 Å². The molecule has 130 valence electrons. The van der Waals surface area contributed by atoms with Crippen molar-refractivity contribution in [2.45, 2.75) is 52.6 Å². The summed E-state index contributed by atoms with van der Waals surface area (Å²) >= 11 is 0. The minimum Gasteiger partial charge on any atom is -0.465 e. The molecule has 0 aliphatic rings. The number of nitrogens with one attached hydrogen (secondary N) is 1. The molecule has 8 nitrogen and oxygen atoms in total. The predicted octanol–water partition coefficient (Wildman–Crippen LogP) is -0.277. The summed E-state index contributed by atoms with van der Waals surface area (Å²) in [6.45, 7) is 7.08. The topological polar surface area (TPSA) is 128 Å². The van der Waals surface area contributed by atoms with Gasteiger partial charge in [-0.3, -0.25) is 9.59 Å². The van der Waals surface area contributed by atoms with Crippen molar-refractivity contribution in [2.24, 2.45) is 5.73 Å². The molecule has 0 rings (SSSR count).